The van der Waals surface area contributed by atoms with Crippen LogP contribution in [0.15, 0.2) is 30.5 Å². The number of hydrogen-bond acceptors (Lipinski definition) is 8. The fourth-order valence-corrected chi connectivity index (χ4v) is 3.15. The Hall–Kier alpha value is -3.63. The van der Waals surface area contributed by atoms with Crippen molar-refractivity contribution in [2.45, 2.75) is 12.8 Å². The van der Waals surface area contributed by atoms with Gasteiger partial charge in [0.1, 0.15) is 5.82 Å². The predicted octanol–water partition coefficient (Wildman–Crippen LogP) is 0.129. The van der Waals surface area contributed by atoms with E-state index in [9.17, 15) is 9.59 Å². The molecule has 3 aromatic rings. The topological polar surface area (TPSA) is 130 Å². The second kappa shape index (κ2) is 7.55. The number of carbonyl (C=O) groups excluding carboxylic acids is 2. The highest BCUT2D eigenvalue weighted by Crippen LogP contribution is 2.23. The van der Waals surface area contributed by atoms with Crippen LogP contribution in [0.25, 0.3) is 5.65 Å². The molecule has 144 valence electrons. The van der Waals surface area contributed by atoms with Gasteiger partial charge in [0, 0.05) is 32.3 Å². The summed E-state index contributed by atoms with van der Waals surface area (Å²) in [7, 11) is 1.56. The largest absolute Gasteiger partial charge is 0.355 e. The Morgan fingerprint density at radius 1 is 1.14 bits per heavy atom. The molecule has 1 aliphatic heterocycles. The summed E-state index contributed by atoms with van der Waals surface area (Å²) in [4.78, 5) is 30.3. The van der Waals surface area contributed by atoms with Crippen molar-refractivity contribution in [3.05, 3.63) is 36.0 Å². The van der Waals surface area contributed by atoms with E-state index in [0.717, 1.165) is 5.82 Å². The van der Waals surface area contributed by atoms with E-state index in [2.05, 4.69) is 41.1 Å². The predicted molar refractivity (Wildman–Crippen MR) is 99.8 cm³/mol. The first-order valence-corrected chi connectivity index (χ1v) is 8.93. The molecule has 11 heteroatoms. The van der Waals surface area contributed by atoms with Gasteiger partial charge in [-0.15, -0.1) is 14.8 Å². The maximum atomic E-state index is 12.5. The number of rotatable bonds is 4. The summed E-state index contributed by atoms with van der Waals surface area (Å²) in [5.41, 5.74) is 1.04. The number of anilines is 2. The number of carbonyl (C=O) groups is 2. The molecule has 1 fully saturated rings. The fourth-order valence-electron chi connectivity index (χ4n) is 3.15. The highest BCUT2D eigenvalue weighted by Gasteiger charge is 2.26. The Labute approximate surface area is 160 Å². The quantitative estimate of drug-likeness (QED) is 0.652. The van der Waals surface area contributed by atoms with E-state index >= 15 is 0 Å². The lowest BCUT2D eigenvalue weighted by Gasteiger charge is -2.31. The molecule has 0 radical (unpaired) electrons. The number of aromatic nitrogens is 6. The number of pyridine rings is 1. The zero-order valence-electron chi connectivity index (χ0n) is 15.2. The zero-order valence-corrected chi connectivity index (χ0v) is 15.2. The lowest BCUT2D eigenvalue weighted by molar-refractivity contribution is -0.120. The van der Waals surface area contributed by atoms with Gasteiger partial charge >= 0.3 is 0 Å². The molecule has 0 unspecified atom stereocenters. The van der Waals surface area contributed by atoms with E-state index in [1.165, 1.54) is 10.8 Å². The summed E-state index contributed by atoms with van der Waals surface area (Å²) in [5.74, 6) is 0.833. The molecule has 0 aliphatic carbocycles. The van der Waals surface area contributed by atoms with Gasteiger partial charge in [0.2, 0.25) is 5.91 Å². The van der Waals surface area contributed by atoms with Crippen LogP contribution in [0, 0.1) is 5.92 Å². The summed E-state index contributed by atoms with van der Waals surface area (Å²) >= 11 is 0. The minimum absolute atomic E-state index is 0.0660. The van der Waals surface area contributed by atoms with E-state index in [1.807, 2.05) is 12.1 Å². The molecule has 0 saturated carbocycles. The highest BCUT2D eigenvalue weighted by molar-refractivity contribution is 5.95. The lowest BCUT2D eigenvalue weighted by atomic mass is 9.96. The van der Waals surface area contributed by atoms with Crippen LogP contribution in [-0.4, -0.2) is 62.2 Å². The molecular weight excluding hydrogens is 362 g/mol. The van der Waals surface area contributed by atoms with Crippen molar-refractivity contribution in [3.63, 3.8) is 0 Å². The summed E-state index contributed by atoms with van der Waals surface area (Å²) in [6, 6.07) is 6.95. The Balaban J connectivity index is 1.34. The van der Waals surface area contributed by atoms with E-state index in [1.54, 1.807) is 19.2 Å². The third-order valence-corrected chi connectivity index (χ3v) is 4.75. The molecule has 0 spiro atoms. The minimum Gasteiger partial charge on any atom is -0.355 e. The fraction of sp³-hybridized carbons (Fsp3) is 0.353. The number of amides is 2. The van der Waals surface area contributed by atoms with E-state index in [4.69, 9.17) is 0 Å². The molecule has 28 heavy (non-hydrogen) atoms. The van der Waals surface area contributed by atoms with Crippen LogP contribution >= 0.6 is 0 Å². The van der Waals surface area contributed by atoms with Crippen LogP contribution < -0.4 is 15.5 Å². The first kappa shape index (κ1) is 17.8. The number of nitrogens with one attached hydrogen (secondary N) is 2. The van der Waals surface area contributed by atoms with Gasteiger partial charge < -0.3 is 15.5 Å². The van der Waals surface area contributed by atoms with Crippen LogP contribution in [0.4, 0.5) is 11.6 Å². The zero-order chi connectivity index (χ0) is 19.5. The molecule has 3 aromatic heterocycles. The molecule has 4 heterocycles. The van der Waals surface area contributed by atoms with Crippen molar-refractivity contribution >= 4 is 29.1 Å². The van der Waals surface area contributed by atoms with Crippen molar-refractivity contribution in [1.29, 1.82) is 0 Å². The first-order valence-electron chi connectivity index (χ1n) is 8.93. The number of piperidine rings is 1. The van der Waals surface area contributed by atoms with Gasteiger partial charge in [0.05, 0.1) is 5.56 Å². The Kier molecular flexibility index (Phi) is 4.79. The molecule has 1 aliphatic rings. The van der Waals surface area contributed by atoms with Gasteiger partial charge in [0.25, 0.3) is 5.91 Å². The minimum atomic E-state index is -0.216. The summed E-state index contributed by atoms with van der Waals surface area (Å²) < 4.78 is 1.39. The highest BCUT2D eigenvalue weighted by atomic mass is 16.2. The van der Waals surface area contributed by atoms with Crippen LogP contribution in [-0.2, 0) is 4.79 Å². The van der Waals surface area contributed by atoms with Gasteiger partial charge in [-0.2, -0.15) is 0 Å². The maximum absolute atomic E-state index is 12.5. The average Bonchev–Trinajstić information content (AvgIpc) is 3.21. The van der Waals surface area contributed by atoms with Crippen LogP contribution in [0.5, 0.6) is 0 Å². The van der Waals surface area contributed by atoms with Crippen molar-refractivity contribution < 1.29 is 9.59 Å². The maximum Gasteiger partial charge on any atom is 0.252 e. The second-order valence-electron chi connectivity index (χ2n) is 6.48. The third kappa shape index (κ3) is 3.59. The van der Waals surface area contributed by atoms with Gasteiger partial charge in [-0.3, -0.25) is 9.59 Å². The molecule has 2 N–H and O–H groups in total. The summed E-state index contributed by atoms with van der Waals surface area (Å²) in [6.45, 7) is 1.42. The molecule has 0 bridgehead atoms. The second-order valence-corrected chi connectivity index (χ2v) is 6.48. The number of nitrogens with zero attached hydrogens (tertiary/aromatic N) is 7. The van der Waals surface area contributed by atoms with Crippen molar-refractivity contribution in [2.75, 3.05) is 30.4 Å². The monoisotopic (exact) mass is 381 g/mol. The van der Waals surface area contributed by atoms with Crippen LogP contribution in [0.1, 0.15) is 23.2 Å². The number of hydrogen-bond donors (Lipinski definition) is 2. The Morgan fingerprint density at radius 2 is 1.96 bits per heavy atom. The van der Waals surface area contributed by atoms with Gasteiger partial charge in [-0.1, -0.05) is 0 Å². The number of fused-ring (bicyclic) bond motifs is 1. The molecule has 2 amide bonds. The molecule has 1 saturated heterocycles. The van der Waals surface area contributed by atoms with E-state index < -0.39 is 0 Å². The standard InChI is InChI=1S/C17H19N9O2/c1-18-16(27)12-2-3-13(19-10-12)20-17(28)11-6-8-25(9-7-11)15-5-4-14-21-23-24-26(14)22-15/h2-5,10-11H,6-9H2,1H3,(H,18,27)(H,19,20,28). The van der Waals surface area contributed by atoms with Crippen molar-refractivity contribution in [3.8, 4) is 0 Å². The van der Waals surface area contributed by atoms with Crippen molar-refractivity contribution in [2.24, 2.45) is 5.92 Å². The molecular formula is C17H19N9O2. The molecule has 11 nitrogen and oxygen atoms in total. The smallest absolute Gasteiger partial charge is 0.252 e. The van der Waals surface area contributed by atoms with Crippen molar-refractivity contribution in [1.82, 2.24) is 35.6 Å². The third-order valence-electron chi connectivity index (χ3n) is 4.75. The lowest BCUT2D eigenvalue weighted by Crippen LogP contribution is -2.38. The Bertz CT molecular complexity index is 993. The van der Waals surface area contributed by atoms with Crippen LogP contribution in [0.2, 0.25) is 0 Å². The van der Waals surface area contributed by atoms with Crippen LogP contribution in [0.3, 0.4) is 0 Å². The summed E-state index contributed by atoms with van der Waals surface area (Å²) in [6.07, 6.45) is 2.85. The molecule has 4 rings (SSSR count). The number of tetrazole rings is 1. The first-order chi connectivity index (χ1) is 13.6. The molecule has 0 aromatic carbocycles. The summed E-state index contributed by atoms with van der Waals surface area (Å²) in [5, 5.41) is 21.0. The van der Waals surface area contributed by atoms with Gasteiger partial charge in [-0.25, -0.2) is 4.98 Å². The Morgan fingerprint density at radius 3 is 2.68 bits per heavy atom. The SMILES string of the molecule is CNC(=O)c1ccc(NC(=O)C2CCN(c3ccc4nnnn4n3)CC2)nc1. The van der Waals surface area contributed by atoms with Gasteiger partial charge in [0.15, 0.2) is 11.5 Å². The van der Waals surface area contributed by atoms with E-state index in [0.29, 0.717) is 43.0 Å². The normalized spacial score (nSPS) is 14.8. The molecule has 0 atom stereocenters. The van der Waals surface area contributed by atoms with E-state index in [-0.39, 0.29) is 17.7 Å². The van der Waals surface area contributed by atoms with Gasteiger partial charge in [-0.05, 0) is 47.5 Å². The average molecular weight is 381 g/mol.